The molecule has 3 heterocycles. The van der Waals surface area contributed by atoms with Crippen LogP contribution in [0.3, 0.4) is 0 Å². The number of carbonyl (C=O) groups is 3. The first-order valence-corrected chi connectivity index (χ1v) is 15.4. The first kappa shape index (κ1) is 33.4. The molecular weight excluding hydrogens is 640 g/mol. The molecule has 2 N–H and O–H groups in total. The number of hydrogen-bond donors (Lipinski definition) is 2. The van der Waals surface area contributed by atoms with Crippen LogP contribution in [0.2, 0.25) is 0 Å². The highest BCUT2D eigenvalue weighted by atomic mass is 32.2. The minimum atomic E-state index is -5.36. The number of rotatable bonds is 6. The van der Waals surface area contributed by atoms with E-state index in [4.69, 9.17) is 4.74 Å². The first-order chi connectivity index (χ1) is 21.8. The molecule has 0 unspecified atom stereocenters. The van der Waals surface area contributed by atoms with Gasteiger partial charge in [-0.05, 0) is 48.7 Å². The van der Waals surface area contributed by atoms with Crippen LogP contribution in [0.4, 0.5) is 41.6 Å². The minimum absolute atomic E-state index is 0.0782. The summed E-state index contributed by atoms with van der Waals surface area (Å²) in [6, 6.07) is 7.38. The summed E-state index contributed by atoms with van der Waals surface area (Å²) in [6.45, 7) is 2.45. The minimum Gasteiger partial charge on any atom is -0.382 e. The van der Waals surface area contributed by atoms with Crippen molar-refractivity contribution in [3.8, 4) is 0 Å². The van der Waals surface area contributed by atoms with Gasteiger partial charge in [-0.15, -0.1) is 0 Å². The second-order valence-corrected chi connectivity index (χ2v) is 12.0. The number of anilines is 1. The van der Waals surface area contributed by atoms with Crippen molar-refractivity contribution < 1.29 is 45.5 Å². The smallest absolute Gasteiger partial charge is 0.382 e. The second-order valence-electron chi connectivity index (χ2n) is 10.9. The molecular formula is C30H31F6N5O4S. The third-order valence-corrected chi connectivity index (χ3v) is 8.83. The first-order valence-electron chi connectivity index (χ1n) is 14.6. The number of amides is 5. The molecule has 0 aromatic heterocycles. The van der Waals surface area contributed by atoms with Crippen LogP contribution in [0.1, 0.15) is 29.5 Å². The standard InChI is InChI=1S/C30H31F6N5O4S/c31-29(32,33)25-19(5-7-24(42)39-14-16-45-17-15-39)4-6-23(26(25)30(34,35)36)46-22-3-1-2-21(18-22)38-20-8-11-40(12-9-20)28(44)41-13-10-37-27(41)43/h1-7,18,20,38H,8-17H2,(H,37,43)/b7-5+. The van der Waals surface area contributed by atoms with Crippen LogP contribution in [0.15, 0.2) is 52.3 Å². The Balaban J connectivity index is 1.32. The van der Waals surface area contributed by atoms with Gasteiger partial charge in [-0.25, -0.2) is 14.5 Å². The lowest BCUT2D eigenvalue weighted by molar-refractivity contribution is -0.163. The van der Waals surface area contributed by atoms with Gasteiger partial charge in [-0.2, -0.15) is 26.3 Å². The molecule has 9 nitrogen and oxygen atoms in total. The number of piperidine rings is 1. The lowest BCUT2D eigenvalue weighted by Crippen LogP contribution is -2.49. The van der Waals surface area contributed by atoms with Crippen LogP contribution in [0.5, 0.6) is 0 Å². The van der Waals surface area contributed by atoms with Gasteiger partial charge in [0.15, 0.2) is 0 Å². The van der Waals surface area contributed by atoms with Gasteiger partial charge in [-0.1, -0.05) is 23.9 Å². The molecule has 5 rings (SSSR count). The highest BCUT2D eigenvalue weighted by Gasteiger charge is 2.46. The zero-order valence-corrected chi connectivity index (χ0v) is 25.2. The fourth-order valence-electron chi connectivity index (χ4n) is 5.51. The third-order valence-electron chi connectivity index (χ3n) is 7.78. The fourth-order valence-corrected chi connectivity index (χ4v) is 6.56. The molecule has 248 valence electrons. The molecule has 0 bridgehead atoms. The number of carbonyl (C=O) groups excluding carboxylic acids is 3. The Hall–Kier alpha value is -3.92. The van der Waals surface area contributed by atoms with E-state index in [-0.39, 0.29) is 43.3 Å². The summed E-state index contributed by atoms with van der Waals surface area (Å²) in [7, 11) is 0. The molecule has 2 aromatic carbocycles. The van der Waals surface area contributed by atoms with Crippen LogP contribution in [0.25, 0.3) is 6.08 Å². The third kappa shape index (κ3) is 7.89. The number of ether oxygens (including phenoxy) is 1. The summed E-state index contributed by atoms with van der Waals surface area (Å²) in [5.41, 5.74) is -3.90. The molecule has 2 aromatic rings. The van der Waals surface area contributed by atoms with E-state index in [0.29, 0.717) is 56.5 Å². The van der Waals surface area contributed by atoms with E-state index in [9.17, 15) is 40.7 Å². The predicted octanol–water partition coefficient (Wildman–Crippen LogP) is 5.77. The molecule has 0 atom stereocenters. The van der Waals surface area contributed by atoms with Crippen molar-refractivity contribution in [2.45, 2.75) is 41.0 Å². The van der Waals surface area contributed by atoms with Crippen LogP contribution >= 0.6 is 11.8 Å². The van der Waals surface area contributed by atoms with Gasteiger partial charge in [0.1, 0.15) is 0 Å². The van der Waals surface area contributed by atoms with Crippen molar-refractivity contribution in [3.05, 3.63) is 59.2 Å². The van der Waals surface area contributed by atoms with E-state index in [1.54, 1.807) is 23.1 Å². The van der Waals surface area contributed by atoms with Crippen LogP contribution in [-0.4, -0.2) is 91.2 Å². The van der Waals surface area contributed by atoms with Gasteiger partial charge < -0.3 is 25.2 Å². The summed E-state index contributed by atoms with van der Waals surface area (Å²) in [5, 5.41) is 5.88. The number of morpholine rings is 1. The quantitative estimate of drug-likeness (QED) is 0.300. The number of imide groups is 1. The Bertz CT molecular complexity index is 1490. The molecule has 0 spiro atoms. The number of likely N-dealkylation sites (tertiary alicyclic amines) is 1. The van der Waals surface area contributed by atoms with Crippen molar-refractivity contribution in [2.24, 2.45) is 0 Å². The van der Waals surface area contributed by atoms with Crippen molar-refractivity contribution in [2.75, 3.05) is 57.8 Å². The van der Waals surface area contributed by atoms with Crippen LogP contribution in [0, 0.1) is 0 Å². The molecule has 3 saturated heterocycles. The number of alkyl halides is 6. The maximum atomic E-state index is 14.3. The summed E-state index contributed by atoms with van der Waals surface area (Å²) >= 11 is 0.553. The Morgan fingerprint density at radius 3 is 2.24 bits per heavy atom. The normalized spacial score (nSPS) is 18.3. The van der Waals surface area contributed by atoms with E-state index in [1.165, 1.54) is 11.0 Å². The Morgan fingerprint density at radius 1 is 0.913 bits per heavy atom. The van der Waals surface area contributed by atoms with E-state index >= 15 is 0 Å². The number of hydrogen-bond acceptors (Lipinski definition) is 6. The number of urea groups is 2. The van der Waals surface area contributed by atoms with Gasteiger partial charge in [-0.3, -0.25) is 4.79 Å². The van der Waals surface area contributed by atoms with Crippen molar-refractivity contribution in [1.82, 2.24) is 20.0 Å². The van der Waals surface area contributed by atoms with E-state index in [2.05, 4.69) is 10.6 Å². The summed E-state index contributed by atoms with van der Waals surface area (Å²) in [4.78, 5) is 40.6. The molecule has 16 heteroatoms. The van der Waals surface area contributed by atoms with Gasteiger partial charge in [0.05, 0.1) is 24.3 Å². The number of halogens is 6. The maximum Gasteiger partial charge on any atom is 0.418 e. The molecule has 0 aliphatic carbocycles. The average Bonchev–Trinajstić information content (AvgIpc) is 3.45. The molecule has 5 amide bonds. The number of benzene rings is 2. The van der Waals surface area contributed by atoms with Crippen LogP contribution < -0.4 is 10.6 Å². The summed E-state index contributed by atoms with van der Waals surface area (Å²) in [5.74, 6) is -0.621. The maximum absolute atomic E-state index is 14.3. The highest BCUT2D eigenvalue weighted by molar-refractivity contribution is 7.99. The molecule has 3 aliphatic rings. The highest BCUT2D eigenvalue weighted by Crippen LogP contribution is 2.48. The average molecular weight is 672 g/mol. The summed E-state index contributed by atoms with van der Waals surface area (Å²) < 4.78 is 90.8. The molecule has 0 saturated carbocycles. The predicted molar refractivity (Wildman–Crippen MR) is 157 cm³/mol. The van der Waals surface area contributed by atoms with E-state index in [0.717, 1.165) is 29.2 Å². The van der Waals surface area contributed by atoms with Gasteiger partial charge in [0, 0.05) is 66.9 Å². The molecule has 46 heavy (non-hydrogen) atoms. The van der Waals surface area contributed by atoms with E-state index < -0.39 is 45.9 Å². The zero-order valence-electron chi connectivity index (χ0n) is 24.4. The van der Waals surface area contributed by atoms with Crippen LogP contribution in [-0.2, 0) is 21.9 Å². The lowest BCUT2D eigenvalue weighted by atomic mass is 9.99. The number of nitrogens with one attached hydrogen (secondary N) is 2. The van der Waals surface area contributed by atoms with Gasteiger partial charge in [0.2, 0.25) is 5.91 Å². The fraction of sp³-hybridized carbons (Fsp3) is 0.433. The summed E-state index contributed by atoms with van der Waals surface area (Å²) in [6.07, 6.45) is -7.98. The van der Waals surface area contributed by atoms with Crippen molar-refractivity contribution >= 4 is 41.5 Å². The van der Waals surface area contributed by atoms with E-state index in [1.807, 2.05) is 0 Å². The Labute approximate surface area is 264 Å². The Kier molecular flexibility index (Phi) is 10.1. The molecule has 3 aliphatic heterocycles. The lowest BCUT2D eigenvalue weighted by Gasteiger charge is -2.34. The monoisotopic (exact) mass is 671 g/mol. The Morgan fingerprint density at radius 2 is 1.61 bits per heavy atom. The molecule has 0 radical (unpaired) electrons. The SMILES string of the molecule is O=C(/C=C/c1ccc(Sc2cccc(NC3CCN(C(=O)N4CCNC4=O)CC3)c2)c(C(F)(F)F)c1C(F)(F)F)N1CCOCC1. The van der Waals surface area contributed by atoms with Crippen molar-refractivity contribution in [3.63, 3.8) is 0 Å². The van der Waals surface area contributed by atoms with Gasteiger partial charge in [0.25, 0.3) is 0 Å². The topological polar surface area (TPSA) is 94.2 Å². The number of nitrogens with zero attached hydrogens (tertiary/aromatic N) is 3. The molecule has 3 fully saturated rings. The largest absolute Gasteiger partial charge is 0.418 e. The van der Waals surface area contributed by atoms with Crippen molar-refractivity contribution in [1.29, 1.82) is 0 Å². The van der Waals surface area contributed by atoms with Gasteiger partial charge >= 0.3 is 24.4 Å². The zero-order chi connectivity index (χ0) is 33.1. The second kappa shape index (κ2) is 13.8.